The predicted octanol–water partition coefficient (Wildman–Crippen LogP) is 14.0. The topological polar surface area (TPSA) is 66.4 Å². The van der Waals surface area contributed by atoms with Crippen molar-refractivity contribution < 1.29 is 9.59 Å². The van der Waals surface area contributed by atoms with Gasteiger partial charge in [-0.25, -0.2) is 9.97 Å². The molecule has 318 valence electrons. The average Bonchev–Trinajstić information content (AvgIpc) is 3.35. The van der Waals surface area contributed by atoms with Crippen molar-refractivity contribution in [3.8, 4) is 33.6 Å². The summed E-state index contributed by atoms with van der Waals surface area (Å²) in [6.07, 6.45) is 23.2. The number of nitrogens with zero attached hydrogens (tertiary/aromatic N) is 4. The molecule has 4 aliphatic carbocycles. The van der Waals surface area contributed by atoms with Gasteiger partial charge in [0.15, 0.2) is 0 Å². The van der Waals surface area contributed by atoms with Crippen molar-refractivity contribution >= 4 is 33.6 Å². The van der Waals surface area contributed by atoms with E-state index in [1.165, 1.54) is 77.0 Å². The first-order valence-corrected chi connectivity index (χ1v) is 24.3. The highest BCUT2D eigenvalue weighted by Crippen LogP contribution is 2.38. The van der Waals surface area contributed by atoms with E-state index in [1.54, 1.807) is 0 Å². The molecular formula is C56H62N4O2. The van der Waals surface area contributed by atoms with E-state index < -0.39 is 0 Å². The van der Waals surface area contributed by atoms with Crippen molar-refractivity contribution in [3.05, 3.63) is 120 Å². The van der Waals surface area contributed by atoms with E-state index in [9.17, 15) is 0 Å². The number of rotatable bonds is 9. The molecule has 0 N–H and O–H groups in total. The van der Waals surface area contributed by atoms with Crippen LogP contribution in [0.25, 0.3) is 55.4 Å². The molecule has 10 rings (SSSR count). The maximum atomic E-state index is 15.4. The maximum Gasteiger partial charge on any atom is 0.255 e. The van der Waals surface area contributed by atoms with Crippen molar-refractivity contribution in [1.29, 1.82) is 0 Å². The van der Waals surface area contributed by atoms with E-state index >= 15 is 9.59 Å². The van der Waals surface area contributed by atoms with Crippen molar-refractivity contribution in [1.82, 2.24) is 19.8 Å². The Balaban J connectivity index is 1.11. The van der Waals surface area contributed by atoms with Gasteiger partial charge in [-0.05, 0) is 98.9 Å². The fraction of sp³-hybridized carbons (Fsp3) is 0.429. The van der Waals surface area contributed by atoms with Crippen LogP contribution in [-0.4, -0.2) is 55.7 Å². The first kappa shape index (κ1) is 40.7. The van der Waals surface area contributed by atoms with Gasteiger partial charge in [0.2, 0.25) is 0 Å². The number of carbonyl (C=O) groups is 2. The van der Waals surface area contributed by atoms with Crippen molar-refractivity contribution in [3.63, 3.8) is 0 Å². The van der Waals surface area contributed by atoms with Gasteiger partial charge in [0.05, 0.1) is 33.5 Å². The van der Waals surface area contributed by atoms with E-state index in [0.29, 0.717) is 0 Å². The lowest BCUT2D eigenvalue weighted by molar-refractivity contribution is 0.0443. The summed E-state index contributed by atoms with van der Waals surface area (Å²) in [7, 11) is 0. The number of fused-ring (bicyclic) bond motifs is 2. The van der Waals surface area contributed by atoms with E-state index in [2.05, 4.69) is 82.6 Å². The van der Waals surface area contributed by atoms with Crippen LogP contribution in [0.1, 0.15) is 149 Å². The minimum absolute atomic E-state index is 0.153. The third kappa shape index (κ3) is 8.42. The summed E-state index contributed by atoms with van der Waals surface area (Å²) in [5, 5.41) is 1.78. The Kier molecular flexibility index (Phi) is 12.2. The Morgan fingerprint density at radius 2 is 0.694 bits per heavy atom. The third-order valence-electron chi connectivity index (χ3n) is 14.9. The molecule has 0 spiro atoms. The van der Waals surface area contributed by atoms with E-state index in [0.717, 1.165) is 118 Å². The molecule has 0 unspecified atom stereocenters. The Morgan fingerprint density at radius 3 is 1.02 bits per heavy atom. The second kappa shape index (κ2) is 18.5. The number of carbonyl (C=O) groups excluding carboxylic acids is 2. The zero-order valence-electron chi connectivity index (χ0n) is 36.4. The Labute approximate surface area is 368 Å². The first-order chi connectivity index (χ1) is 30.6. The second-order valence-corrected chi connectivity index (χ2v) is 18.9. The molecule has 0 radical (unpaired) electrons. The van der Waals surface area contributed by atoms with Crippen LogP contribution < -0.4 is 0 Å². The molecule has 2 aromatic heterocycles. The molecule has 0 atom stereocenters. The van der Waals surface area contributed by atoms with Crippen LogP contribution in [0.3, 0.4) is 0 Å². The molecule has 6 heteroatoms. The van der Waals surface area contributed by atoms with Crippen LogP contribution in [0.2, 0.25) is 0 Å². The summed E-state index contributed by atoms with van der Waals surface area (Å²) in [6, 6.07) is 38.7. The largest absolute Gasteiger partial charge is 0.333 e. The van der Waals surface area contributed by atoms with Gasteiger partial charge in [-0.15, -0.1) is 0 Å². The Morgan fingerprint density at radius 1 is 0.371 bits per heavy atom. The molecule has 62 heavy (non-hydrogen) atoms. The van der Waals surface area contributed by atoms with Crippen LogP contribution in [-0.2, 0) is 0 Å². The van der Waals surface area contributed by atoms with Crippen molar-refractivity contribution in [2.45, 2.75) is 153 Å². The normalized spacial score (nSPS) is 18.5. The van der Waals surface area contributed by atoms with Crippen molar-refractivity contribution in [2.75, 3.05) is 0 Å². The van der Waals surface area contributed by atoms with Gasteiger partial charge < -0.3 is 9.80 Å². The SMILES string of the molecule is O=C(c1cc(-c2ccccc2)nc2ccc(-c3ccc4nc(-c5ccccc5)cc(C(=O)N(C5CCCCC5)C5CCCCC5)c4c3)cc12)N(C1CCCCC1)C1CCCCC1. The maximum absolute atomic E-state index is 15.4. The molecule has 6 aromatic rings. The lowest BCUT2D eigenvalue weighted by Crippen LogP contribution is -2.48. The number of amides is 2. The number of hydrogen-bond acceptors (Lipinski definition) is 4. The molecule has 4 aromatic carbocycles. The summed E-state index contributed by atoms with van der Waals surface area (Å²) < 4.78 is 0. The van der Waals surface area contributed by atoms with Crippen LogP contribution in [0.4, 0.5) is 0 Å². The van der Waals surface area contributed by atoms with Crippen LogP contribution in [0.5, 0.6) is 0 Å². The lowest BCUT2D eigenvalue weighted by atomic mass is 9.87. The second-order valence-electron chi connectivity index (χ2n) is 18.9. The number of hydrogen-bond donors (Lipinski definition) is 0. The third-order valence-corrected chi connectivity index (χ3v) is 14.9. The van der Waals surface area contributed by atoms with E-state index in [-0.39, 0.29) is 36.0 Å². The standard InChI is InChI=1S/C56H62N4O2/c61-55(59(43-23-11-3-12-24-43)44-25-13-4-14-26-44)49-37-53(39-19-7-1-8-20-39)57-51-33-31-41(35-47(49)51)42-32-34-52-48(36-42)50(38-54(58-52)40-21-9-2-10-22-40)56(62)60(45-27-15-5-16-28-45)46-29-17-6-18-30-46/h1-2,7-10,19-22,31-38,43-46H,3-6,11-18,23-30H2. The highest BCUT2D eigenvalue weighted by atomic mass is 16.2. The molecule has 0 bridgehead atoms. The lowest BCUT2D eigenvalue weighted by Gasteiger charge is -2.42. The average molecular weight is 823 g/mol. The Bertz CT molecular complexity index is 2300. The van der Waals surface area contributed by atoms with Gasteiger partial charge in [0.25, 0.3) is 11.8 Å². The molecule has 0 saturated heterocycles. The van der Waals surface area contributed by atoms with Gasteiger partial charge >= 0.3 is 0 Å². The first-order valence-electron chi connectivity index (χ1n) is 24.3. The highest BCUT2D eigenvalue weighted by molar-refractivity contribution is 6.10. The number of aromatic nitrogens is 2. The minimum atomic E-state index is 0.153. The molecule has 2 heterocycles. The zero-order chi connectivity index (χ0) is 41.8. The fourth-order valence-electron chi connectivity index (χ4n) is 11.7. The summed E-state index contributed by atoms with van der Waals surface area (Å²) in [4.78, 5) is 45.9. The summed E-state index contributed by atoms with van der Waals surface area (Å²) in [5.74, 6) is 0.306. The van der Waals surface area contributed by atoms with Gasteiger partial charge in [-0.1, -0.05) is 150 Å². The predicted molar refractivity (Wildman–Crippen MR) is 253 cm³/mol. The van der Waals surface area contributed by atoms with Gasteiger partial charge in [0.1, 0.15) is 0 Å². The smallest absolute Gasteiger partial charge is 0.255 e. The molecule has 4 fully saturated rings. The molecule has 0 aliphatic heterocycles. The summed E-state index contributed by atoms with van der Waals surface area (Å²) in [6.45, 7) is 0. The minimum Gasteiger partial charge on any atom is -0.333 e. The van der Waals surface area contributed by atoms with Gasteiger partial charge in [0, 0.05) is 46.1 Å². The quantitative estimate of drug-likeness (QED) is 0.146. The number of benzene rings is 4. The van der Waals surface area contributed by atoms with Crippen LogP contribution in [0, 0.1) is 0 Å². The monoisotopic (exact) mass is 822 g/mol. The molecule has 4 saturated carbocycles. The van der Waals surface area contributed by atoms with Crippen LogP contribution in [0.15, 0.2) is 109 Å². The zero-order valence-corrected chi connectivity index (χ0v) is 36.4. The van der Waals surface area contributed by atoms with Gasteiger partial charge in [-0.3, -0.25) is 9.59 Å². The molecule has 2 amide bonds. The fourth-order valence-corrected chi connectivity index (χ4v) is 11.7. The molecule has 4 aliphatic rings. The summed E-state index contributed by atoms with van der Waals surface area (Å²) >= 11 is 0. The van der Waals surface area contributed by atoms with Crippen LogP contribution >= 0.6 is 0 Å². The highest BCUT2D eigenvalue weighted by Gasteiger charge is 2.36. The number of pyridine rings is 2. The molecular weight excluding hydrogens is 761 g/mol. The van der Waals surface area contributed by atoms with E-state index in [1.807, 2.05) is 36.4 Å². The van der Waals surface area contributed by atoms with E-state index in [4.69, 9.17) is 9.97 Å². The molecule has 6 nitrogen and oxygen atoms in total. The Hall–Kier alpha value is -5.36. The van der Waals surface area contributed by atoms with Crippen molar-refractivity contribution in [2.24, 2.45) is 0 Å². The summed E-state index contributed by atoms with van der Waals surface area (Å²) in [5.41, 5.74) is 8.84. The van der Waals surface area contributed by atoms with Gasteiger partial charge in [-0.2, -0.15) is 0 Å².